The Hall–Kier alpha value is -7.75. The number of benzene rings is 5. The Labute approximate surface area is 793 Å². The third-order valence-electron chi connectivity index (χ3n) is 19.5. The summed E-state index contributed by atoms with van der Waals surface area (Å²) in [7, 11) is -9.28. The van der Waals surface area contributed by atoms with Crippen molar-refractivity contribution in [3.05, 3.63) is 116 Å². The Morgan fingerprint density at radius 1 is 0.410 bits per heavy atom. The Morgan fingerprint density at radius 2 is 0.778 bits per heavy atom. The molecule has 5 saturated heterocycles. The van der Waals surface area contributed by atoms with E-state index >= 15 is 0 Å². The summed E-state index contributed by atoms with van der Waals surface area (Å²) in [4.78, 5) is 69.1. The van der Waals surface area contributed by atoms with Crippen molar-refractivity contribution < 1.29 is 163 Å². The van der Waals surface area contributed by atoms with Crippen LogP contribution in [0.2, 0.25) is 0 Å². The molecule has 0 bridgehead atoms. The molecule has 117 heavy (non-hydrogen) atoms. The first-order chi connectivity index (χ1) is 81.7. The highest BCUT2D eigenvalue weighted by Crippen LogP contribution is 2.49. The lowest BCUT2D eigenvalue weighted by molar-refractivity contribution is -0.130. The lowest BCUT2D eigenvalue weighted by Gasteiger charge is -2.43. The van der Waals surface area contributed by atoms with Crippen molar-refractivity contribution in [2.75, 3.05) is 136 Å². The minimum atomic E-state index is -4.57. The maximum Gasteiger partial charge on any atom is 0.161 e. The maximum absolute atomic E-state index is 14.1. The van der Waals surface area contributed by atoms with E-state index < -0.39 is 345 Å². The molecular formula is C97H139N5O15. The predicted octanol–water partition coefficient (Wildman–Crippen LogP) is 17.0. The Balaban J connectivity index is 0.000000215. The van der Waals surface area contributed by atoms with Crippen LogP contribution in [0.4, 0.5) is 0 Å². The molecule has 0 N–H and O–H groups in total. The lowest BCUT2D eigenvalue weighted by Crippen LogP contribution is -2.46. The molecule has 0 amide bonds. The predicted molar refractivity (Wildman–Crippen MR) is 460 cm³/mol. The van der Waals surface area contributed by atoms with Gasteiger partial charge in [-0.3, -0.25) is 48.5 Å². The summed E-state index contributed by atoms with van der Waals surface area (Å²) in [6.07, 6.45) is -36.3. The molecular weight excluding hydrogens is 1480 g/mol. The fourth-order valence-electron chi connectivity index (χ4n) is 13.9. The van der Waals surface area contributed by atoms with E-state index in [0.29, 0.717) is 73.9 Å². The van der Waals surface area contributed by atoms with Crippen LogP contribution in [0.25, 0.3) is 0 Å². The van der Waals surface area contributed by atoms with Crippen LogP contribution in [0.5, 0.6) is 57.5 Å². The van der Waals surface area contributed by atoms with E-state index in [0.717, 1.165) is 64.1 Å². The molecule has 12 atom stereocenters. The SMILES string of the molecule is [2H]C([2H])([2H])Oc1cc2c(cc1OC)C1([2H])CC(=O)C(C([2H])([2H])C([2H])(C([2H])([2H])[2H])C([2H])([2H])C)C([2H])([2H])N1C([2H])([2H])C2([2H])[2H].[2H]C([2H])([2H])Oc1cc2c(cc1OC)C1([2H])CC(=O)C(CC(C)C)C([2H])([2H])N1C([2H])([2H])C2([2H])[2H].[2H]C([2H])([2H])Oc1cc2c(cc1OC)C1([2H])N(C([2H])([2H])C([2H])(CC(C)C)C(=O)C1([2H])[2H])C([2H])([2H])C2([2H])[2H].[2H]C([2H])([2H])Oc1cc2c(cc1OC)C1([2H])N(C([2H])([2H])C2([2H])[2H])C([2H])([2H])C([2H])(C([2H])([2H])C([2H])(C([2H])([2H])[2H])C([2H])([2H])C)C(=O)C1([2H])[2H].[2H]c1c2c(c([2H])c(OC)c1OC([2H])([2H])[2H])C1CC(=O)C(CC(C)C)CN1CC2. The number of piperidine rings is 5. The number of methoxy groups -OCH3 is 10. The summed E-state index contributed by atoms with van der Waals surface area (Å²) in [5.41, 5.74) is -4.04. The number of carbonyl (C=O) groups is 5. The van der Waals surface area contributed by atoms with Gasteiger partial charge in [0.15, 0.2) is 57.5 Å². The molecule has 20 heteroatoms. The molecule has 0 saturated carbocycles. The zero-order valence-corrected chi connectivity index (χ0v) is 66.4. The number of rotatable bonds is 22. The van der Waals surface area contributed by atoms with Gasteiger partial charge in [0, 0.05) is 220 Å². The number of carbonyl (C=O) groups excluding carboxylic acids is 5. The van der Waals surface area contributed by atoms with Crippen molar-refractivity contribution in [3.63, 3.8) is 0 Å². The summed E-state index contributed by atoms with van der Waals surface area (Å²) in [6, 6.07) is -5.95. The van der Waals surface area contributed by atoms with E-state index in [1.54, 1.807) is 27.7 Å². The normalized spacial score (nSPS) is 44.6. The molecule has 0 spiro atoms. The lowest BCUT2D eigenvalue weighted by atomic mass is 9.79. The minimum absolute atomic E-state index is 0.00233. The highest BCUT2D eigenvalue weighted by atomic mass is 16.5. The molecule has 10 aliphatic rings. The van der Waals surface area contributed by atoms with Crippen LogP contribution in [-0.2, 0) is 55.9 Å². The number of fused-ring (bicyclic) bond motifs is 15. The van der Waals surface area contributed by atoms with Crippen molar-refractivity contribution >= 4 is 28.9 Å². The Bertz CT molecular complexity index is 7440. The number of hydrogen-bond acceptors (Lipinski definition) is 20. The third-order valence-corrected chi connectivity index (χ3v) is 19.5. The van der Waals surface area contributed by atoms with E-state index in [1.165, 1.54) is 14.2 Å². The topological polar surface area (TPSA) is 194 Å². The second-order valence-electron chi connectivity index (χ2n) is 28.6. The molecule has 10 heterocycles. The summed E-state index contributed by atoms with van der Waals surface area (Å²) in [5, 5.41) is 0. The monoisotopic (exact) mass is 1680 g/mol. The highest BCUT2D eigenvalue weighted by molar-refractivity contribution is 5.86. The average Bonchev–Trinajstić information content (AvgIpc) is 0.642. The first-order valence-corrected chi connectivity index (χ1v) is 36.9. The summed E-state index contributed by atoms with van der Waals surface area (Å²) < 4.78 is 605. The van der Waals surface area contributed by atoms with Gasteiger partial charge in [-0.05, 0) is 210 Å². The molecule has 0 aromatic heterocycles. The van der Waals surface area contributed by atoms with Crippen molar-refractivity contribution in [1.29, 1.82) is 0 Å². The van der Waals surface area contributed by atoms with Crippen LogP contribution in [0.3, 0.4) is 0 Å². The van der Waals surface area contributed by atoms with Crippen molar-refractivity contribution in [1.82, 2.24) is 24.5 Å². The highest BCUT2D eigenvalue weighted by Gasteiger charge is 2.45. The van der Waals surface area contributed by atoms with Crippen molar-refractivity contribution in [2.45, 2.75) is 208 Å². The second kappa shape index (κ2) is 41.0. The number of nitrogens with zero attached hydrogens (tertiary/aromatic N) is 5. The van der Waals surface area contributed by atoms with Gasteiger partial charge in [-0.1, -0.05) is 81.8 Å². The molecule has 0 aliphatic carbocycles. The van der Waals surface area contributed by atoms with Crippen LogP contribution in [-0.4, -0.2) is 189 Å². The van der Waals surface area contributed by atoms with Crippen molar-refractivity contribution in [2.24, 2.45) is 59.1 Å². The number of Topliss-reactive ketones (excluding diaryl/α,β-unsaturated/α-hetero) is 5. The van der Waals surface area contributed by atoms with E-state index in [9.17, 15) is 26.7 Å². The molecule has 642 valence electrons. The van der Waals surface area contributed by atoms with Gasteiger partial charge in [0.2, 0.25) is 0 Å². The minimum Gasteiger partial charge on any atom is -0.493 e. The van der Waals surface area contributed by atoms with Gasteiger partial charge in [-0.25, -0.2) is 0 Å². The van der Waals surface area contributed by atoms with Crippen LogP contribution in [0.1, 0.15) is 323 Å². The third kappa shape index (κ3) is 21.0. The molecule has 5 aromatic carbocycles. The molecule has 10 aliphatic heterocycles. The average molecular weight is 1680 g/mol. The van der Waals surface area contributed by atoms with Gasteiger partial charge in [0.1, 0.15) is 28.9 Å². The van der Waals surface area contributed by atoms with E-state index in [1.807, 2.05) is 0 Å². The van der Waals surface area contributed by atoms with Gasteiger partial charge < -0.3 is 47.4 Å². The van der Waals surface area contributed by atoms with Gasteiger partial charge in [0.05, 0.1) is 99.5 Å². The van der Waals surface area contributed by atoms with Crippen LogP contribution in [0.15, 0.2) is 60.6 Å². The standard InChI is InChI=1S/2C20H29NO3.3C19H27NO3/c2*1-5-13(2)8-15-12-21-7-6-14-9-19(23-3)20(24-4)10-16(14)17(21)11-18(15)22;3*1-12(2)7-14-11-20-6-5-13-8-18(22-3)19(23-4)9-15(13)16(20)10-17(14)21/h2*9-10,13,15,17H,5-8,11-12H2,1-4H3;3*8-9,12,14,16H,5-7,10-11H2,1-4H3/i2D3,3D3,5D2,6D2,7D2,8D2,11D2,12D2,13D,15D,17D;2D3,3D3,5D2,6D2,7D2,8D2,12D2,13D,17D;3D3,5D2,6D2,10D2,11D2,14D,16D;3D3,5D2,6D2,11D2,16D;3D3,8D,9D. The Kier molecular flexibility index (Phi) is 12.9. The Morgan fingerprint density at radius 3 is 1.21 bits per heavy atom. The van der Waals surface area contributed by atoms with Gasteiger partial charge in [-0.15, -0.1) is 0 Å². The van der Waals surface area contributed by atoms with Gasteiger partial charge in [0.25, 0.3) is 0 Å². The fourth-order valence-corrected chi connectivity index (χ4v) is 13.9. The summed E-state index contributed by atoms with van der Waals surface area (Å²) in [6.45, 7) is -23.0. The number of ketones is 5. The zero-order chi connectivity index (χ0) is 143. The number of ether oxygens (including phenoxy) is 10. The quantitative estimate of drug-likeness (QED) is 0.0634. The smallest absolute Gasteiger partial charge is 0.161 e. The largest absolute Gasteiger partial charge is 0.493 e. The van der Waals surface area contributed by atoms with E-state index in [4.69, 9.17) is 136 Å². The summed E-state index contributed by atoms with van der Waals surface area (Å²) >= 11 is 0. The molecule has 15 rings (SSSR count). The first-order valence-electron chi connectivity index (χ1n) is 70.4. The van der Waals surface area contributed by atoms with E-state index in [2.05, 4.69) is 18.7 Å². The van der Waals surface area contributed by atoms with Gasteiger partial charge in [-0.2, -0.15) is 0 Å². The molecule has 0 radical (unpaired) electrons. The first kappa shape index (κ1) is 36.9. The molecule has 20 nitrogen and oxygen atoms in total. The zero-order valence-electron chi connectivity index (χ0n) is 133. The summed E-state index contributed by atoms with van der Waals surface area (Å²) in [5.74, 6) is -29.8. The molecule has 5 aromatic rings. The van der Waals surface area contributed by atoms with Crippen LogP contribution in [0, 0.1) is 59.1 Å². The van der Waals surface area contributed by atoms with Crippen LogP contribution < -0.4 is 47.4 Å². The maximum atomic E-state index is 14.1. The van der Waals surface area contributed by atoms with Crippen molar-refractivity contribution in [3.8, 4) is 57.5 Å². The van der Waals surface area contributed by atoms with Crippen LogP contribution >= 0.6 is 0 Å². The number of aryl methyl sites for hydroxylation is 4. The number of hydrogen-bond donors (Lipinski definition) is 0. The molecule has 12 unspecified atom stereocenters. The fraction of sp³-hybridized carbons (Fsp3) is 0.639. The second-order valence-corrected chi connectivity index (χ2v) is 28.6. The van der Waals surface area contributed by atoms with E-state index in [-0.39, 0.29) is 86.3 Å². The molecule has 5 fully saturated rings. The van der Waals surface area contributed by atoms with Gasteiger partial charge >= 0.3 is 0 Å².